The van der Waals surface area contributed by atoms with Gasteiger partial charge in [-0.15, -0.1) is 0 Å². The van der Waals surface area contributed by atoms with Crippen LogP contribution in [0.5, 0.6) is 5.75 Å². The van der Waals surface area contributed by atoms with Crippen LogP contribution < -0.4 is 5.32 Å². The van der Waals surface area contributed by atoms with Crippen LogP contribution >= 0.6 is 0 Å². The molecule has 0 aliphatic heterocycles. The first kappa shape index (κ1) is 13.3. The van der Waals surface area contributed by atoms with E-state index in [0.717, 1.165) is 16.8 Å². The third-order valence-electron chi connectivity index (χ3n) is 4.33. The van der Waals surface area contributed by atoms with Crippen LogP contribution in [-0.2, 0) is 0 Å². The van der Waals surface area contributed by atoms with Crippen molar-refractivity contribution in [2.45, 2.75) is 59.4 Å². The molecule has 0 bridgehead atoms. The van der Waals surface area contributed by atoms with E-state index < -0.39 is 0 Å². The van der Waals surface area contributed by atoms with Crippen molar-refractivity contribution < 1.29 is 5.11 Å². The quantitative estimate of drug-likeness (QED) is 0.812. The zero-order chi connectivity index (χ0) is 13.3. The maximum atomic E-state index is 9.96. The Morgan fingerprint density at radius 1 is 1.17 bits per heavy atom. The second-order valence-electron chi connectivity index (χ2n) is 6.49. The maximum Gasteiger partial charge on any atom is 0.123 e. The summed E-state index contributed by atoms with van der Waals surface area (Å²) in [6.07, 6.45) is 5.01. The van der Waals surface area contributed by atoms with Gasteiger partial charge < -0.3 is 10.4 Å². The highest BCUT2D eigenvalue weighted by atomic mass is 16.3. The van der Waals surface area contributed by atoms with Gasteiger partial charge in [0.25, 0.3) is 0 Å². The van der Waals surface area contributed by atoms with E-state index in [1.54, 1.807) is 0 Å². The molecule has 100 valence electrons. The number of anilines is 1. The highest BCUT2D eigenvalue weighted by Crippen LogP contribution is 2.37. The van der Waals surface area contributed by atoms with E-state index >= 15 is 0 Å². The van der Waals surface area contributed by atoms with Crippen LogP contribution in [0.25, 0.3) is 0 Å². The lowest BCUT2D eigenvalue weighted by Crippen LogP contribution is -2.30. The SMILES string of the molecule is Cc1ccc(NC2CCC(C)(C)CC2)c(C)c1O. The molecule has 1 fully saturated rings. The Morgan fingerprint density at radius 3 is 2.39 bits per heavy atom. The Labute approximate surface area is 110 Å². The topological polar surface area (TPSA) is 32.3 Å². The minimum atomic E-state index is 0.427. The van der Waals surface area contributed by atoms with Crippen molar-refractivity contribution in [3.05, 3.63) is 23.3 Å². The number of aromatic hydroxyl groups is 1. The minimum absolute atomic E-state index is 0.427. The fourth-order valence-electron chi connectivity index (χ4n) is 2.76. The number of nitrogens with one attached hydrogen (secondary N) is 1. The molecule has 1 aliphatic rings. The van der Waals surface area contributed by atoms with Crippen LogP contribution in [0.1, 0.15) is 50.7 Å². The van der Waals surface area contributed by atoms with Crippen molar-refractivity contribution in [3.63, 3.8) is 0 Å². The molecule has 1 saturated carbocycles. The molecule has 0 heterocycles. The van der Waals surface area contributed by atoms with Gasteiger partial charge in [-0.3, -0.25) is 0 Å². The predicted octanol–water partition coefficient (Wildman–Crippen LogP) is 4.39. The third kappa shape index (κ3) is 2.80. The van der Waals surface area contributed by atoms with Crippen LogP contribution in [0, 0.1) is 19.3 Å². The largest absolute Gasteiger partial charge is 0.507 e. The van der Waals surface area contributed by atoms with Crippen LogP contribution in [-0.4, -0.2) is 11.1 Å². The molecule has 0 radical (unpaired) electrons. The van der Waals surface area contributed by atoms with E-state index in [1.165, 1.54) is 25.7 Å². The third-order valence-corrected chi connectivity index (χ3v) is 4.33. The number of phenols is 1. The monoisotopic (exact) mass is 247 g/mol. The summed E-state index contributed by atoms with van der Waals surface area (Å²) in [6, 6.07) is 4.63. The Kier molecular flexibility index (Phi) is 3.56. The van der Waals surface area contributed by atoms with Crippen molar-refractivity contribution >= 4 is 5.69 Å². The molecule has 2 heteroatoms. The zero-order valence-corrected chi connectivity index (χ0v) is 12.0. The molecule has 1 aromatic carbocycles. The molecular weight excluding hydrogens is 222 g/mol. The van der Waals surface area contributed by atoms with Gasteiger partial charge in [0.2, 0.25) is 0 Å². The summed E-state index contributed by atoms with van der Waals surface area (Å²) in [5.41, 5.74) is 3.51. The summed E-state index contributed by atoms with van der Waals surface area (Å²) in [5.74, 6) is 0.427. The number of rotatable bonds is 2. The van der Waals surface area contributed by atoms with Gasteiger partial charge in [0.1, 0.15) is 5.75 Å². The van der Waals surface area contributed by atoms with E-state index in [1.807, 2.05) is 19.9 Å². The van der Waals surface area contributed by atoms with Crippen LogP contribution in [0.2, 0.25) is 0 Å². The molecule has 1 aromatic rings. The summed E-state index contributed by atoms with van der Waals surface area (Å²) >= 11 is 0. The summed E-state index contributed by atoms with van der Waals surface area (Å²) in [5, 5.41) is 13.6. The van der Waals surface area contributed by atoms with E-state index in [-0.39, 0.29) is 0 Å². The first-order valence-electron chi connectivity index (χ1n) is 6.95. The number of hydrogen-bond acceptors (Lipinski definition) is 2. The average molecular weight is 247 g/mol. The van der Waals surface area contributed by atoms with Gasteiger partial charge in [-0.25, -0.2) is 0 Å². The number of benzene rings is 1. The number of aryl methyl sites for hydroxylation is 1. The molecular formula is C16H25NO. The van der Waals surface area contributed by atoms with Crippen molar-refractivity contribution in [2.24, 2.45) is 5.41 Å². The summed E-state index contributed by atoms with van der Waals surface area (Å²) < 4.78 is 0. The molecule has 0 atom stereocenters. The number of phenolic OH excluding ortho intramolecular Hbond substituents is 1. The maximum absolute atomic E-state index is 9.96. The average Bonchev–Trinajstić information content (AvgIpc) is 2.32. The van der Waals surface area contributed by atoms with Gasteiger partial charge in [0.15, 0.2) is 0 Å². The molecule has 0 spiro atoms. The molecule has 2 rings (SSSR count). The second kappa shape index (κ2) is 4.83. The summed E-state index contributed by atoms with van der Waals surface area (Å²) in [6.45, 7) is 8.63. The molecule has 2 nitrogen and oxygen atoms in total. The van der Waals surface area contributed by atoms with E-state index in [9.17, 15) is 5.11 Å². The fraction of sp³-hybridized carbons (Fsp3) is 0.625. The summed E-state index contributed by atoms with van der Waals surface area (Å²) in [4.78, 5) is 0. The lowest BCUT2D eigenvalue weighted by molar-refractivity contribution is 0.232. The van der Waals surface area contributed by atoms with Gasteiger partial charge in [0, 0.05) is 17.3 Å². The highest BCUT2D eigenvalue weighted by molar-refractivity contribution is 5.59. The molecule has 2 N–H and O–H groups in total. The van der Waals surface area contributed by atoms with Crippen molar-refractivity contribution in [2.75, 3.05) is 5.32 Å². The van der Waals surface area contributed by atoms with Gasteiger partial charge in [-0.1, -0.05) is 19.9 Å². The minimum Gasteiger partial charge on any atom is -0.507 e. The lowest BCUT2D eigenvalue weighted by atomic mass is 9.75. The Morgan fingerprint density at radius 2 is 1.78 bits per heavy atom. The van der Waals surface area contributed by atoms with Crippen LogP contribution in [0.15, 0.2) is 12.1 Å². The molecule has 1 aliphatic carbocycles. The molecule has 0 saturated heterocycles. The van der Waals surface area contributed by atoms with Crippen molar-refractivity contribution in [3.8, 4) is 5.75 Å². The summed E-state index contributed by atoms with van der Waals surface area (Å²) in [7, 11) is 0. The molecule has 18 heavy (non-hydrogen) atoms. The first-order chi connectivity index (χ1) is 8.39. The number of hydrogen-bond donors (Lipinski definition) is 2. The highest BCUT2D eigenvalue weighted by Gasteiger charge is 2.26. The predicted molar refractivity (Wildman–Crippen MR) is 77.2 cm³/mol. The smallest absolute Gasteiger partial charge is 0.123 e. The Hall–Kier alpha value is -1.18. The Bertz CT molecular complexity index is 427. The molecule has 0 amide bonds. The van der Waals surface area contributed by atoms with Gasteiger partial charge in [0.05, 0.1) is 0 Å². The fourth-order valence-corrected chi connectivity index (χ4v) is 2.76. The van der Waals surface area contributed by atoms with E-state index in [2.05, 4.69) is 25.2 Å². The zero-order valence-electron chi connectivity index (χ0n) is 12.0. The van der Waals surface area contributed by atoms with Crippen molar-refractivity contribution in [1.82, 2.24) is 0 Å². The Balaban J connectivity index is 2.05. The first-order valence-corrected chi connectivity index (χ1v) is 6.95. The standard InChI is InChI=1S/C16H25NO/c1-11-5-6-14(12(2)15(11)18)17-13-7-9-16(3,4)10-8-13/h5-6,13,17-18H,7-10H2,1-4H3. The van der Waals surface area contributed by atoms with Gasteiger partial charge in [-0.05, 0) is 56.6 Å². The molecule has 0 aromatic heterocycles. The second-order valence-corrected chi connectivity index (χ2v) is 6.49. The van der Waals surface area contributed by atoms with Crippen molar-refractivity contribution in [1.29, 1.82) is 0 Å². The van der Waals surface area contributed by atoms with Crippen LogP contribution in [0.4, 0.5) is 5.69 Å². The van der Waals surface area contributed by atoms with E-state index in [4.69, 9.17) is 0 Å². The van der Waals surface area contributed by atoms with E-state index in [0.29, 0.717) is 17.2 Å². The van der Waals surface area contributed by atoms with Gasteiger partial charge in [-0.2, -0.15) is 0 Å². The molecule has 0 unspecified atom stereocenters. The van der Waals surface area contributed by atoms with Gasteiger partial charge >= 0.3 is 0 Å². The normalized spacial score (nSPS) is 19.8. The lowest BCUT2D eigenvalue weighted by Gasteiger charge is -2.35. The van der Waals surface area contributed by atoms with Crippen LogP contribution in [0.3, 0.4) is 0 Å².